The number of methoxy groups -OCH3 is 2. The number of hydrogen-bond acceptors (Lipinski definition) is 4. The first kappa shape index (κ1) is 15.6. The molecule has 1 N–H and O–H groups in total. The minimum Gasteiger partial charge on any atom is -0.508 e. The molecule has 22 heavy (non-hydrogen) atoms. The van der Waals surface area contributed by atoms with E-state index >= 15 is 0 Å². The summed E-state index contributed by atoms with van der Waals surface area (Å²) in [4.78, 5) is 4.05. The number of ether oxygens (including phenoxy) is 2. The topological polar surface area (TPSA) is 51.6 Å². The highest BCUT2D eigenvalue weighted by molar-refractivity contribution is 5.85. The molecule has 1 heterocycles. The van der Waals surface area contributed by atoms with Gasteiger partial charge in [-0.15, -0.1) is 0 Å². The first-order chi connectivity index (χ1) is 10.6. The summed E-state index contributed by atoms with van der Waals surface area (Å²) in [5, 5.41) is 10.9. The molecule has 0 aliphatic carbocycles. The number of rotatable bonds is 2. The molecule has 3 rings (SSSR count). The average molecular weight is 297 g/mol. The van der Waals surface area contributed by atoms with Crippen LogP contribution in [0.2, 0.25) is 0 Å². The van der Waals surface area contributed by atoms with E-state index in [9.17, 15) is 0 Å². The molecule has 114 valence electrons. The van der Waals surface area contributed by atoms with Crippen molar-refractivity contribution in [3.05, 3.63) is 60.4 Å². The molecule has 2 aromatic carbocycles. The van der Waals surface area contributed by atoms with E-state index in [-0.39, 0.29) is 0 Å². The zero-order chi connectivity index (χ0) is 15.9. The van der Waals surface area contributed by atoms with Crippen LogP contribution >= 0.6 is 0 Å². The second-order valence-electron chi connectivity index (χ2n) is 4.77. The summed E-state index contributed by atoms with van der Waals surface area (Å²) >= 11 is 0. The molecule has 4 heteroatoms. The summed E-state index contributed by atoms with van der Waals surface area (Å²) in [5.41, 5.74) is 1.17. The van der Waals surface area contributed by atoms with Crippen molar-refractivity contribution in [3.63, 3.8) is 0 Å². The van der Waals surface area contributed by atoms with E-state index in [0.29, 0.717) is 5.75 Å². The molecule has 0 amide bonds. The van der Waals surface area contributed by atoms with E-state index in [0.717, 1.165) is 22.3 Å². The Morgan fingerprint density at radius 1 is 0.864 bits per heavy atom. The number of aromatic nitrogens is 1. The Morgan fingerprint density at radius 3 is 2.00 bits per heavy atom. The van der Waals surface area contributed by atoms with Gasteiger partial charge in [0.2, 0.25) is 0 Å². The fourth-order valence-corrected chi connectivity index (χ4v) is 1.96. The molecule has 0 atom stereocenters. The summed E-state index contributed by atoms with van der Waals surface area (Å²) in [5.74, 6) is 1.80. The normalized spacial score (nSPS) is 9.77. The summed E-state index contributed by atoms with van der Waals surface area (Å²) in [6.45, 7) is 1.99. The number of phenolic OH excluding ortho intramolecular Hbond substituents is 1. The molecule has 0 aliphatic rings. The Hall–Kier alpha value is -2.75. The van der Waals surface area contributed by atoms with Gasteiger partial charge in [-0.3, -0.25) is 4.98 Å². The van der Waals surface area contributed by atoms with Crippen LogP contribution in [-0.2, 0) is 0 Å². The standard InChI is InChI=1S/C11H11NO2.C7H8O/c1-13-10-5-8-3-4-12-7-9(8)6-11(10)14-2;1-6-2-4-7(8)5-3-6/h3-7H,1-2H3;2-5,8H,1H3. The number of hydrogen-bond donors (Lipinski definition) is 1. The summed E-state index contributed by atoms with van der Waals surface area (Å²) in [6.07, 6.45) is 3.56. The van der Waals surface area contributed by atoms with Gasteiger partial charge in [0.25, 0.3) is 0 Å². The first-order valence-corrected chi connectivity index (χ1v) is 6.85. The largest absolute Gasteiger partial charge is 0.508 e. The van der Waals surface area contributed by atoms with Crippen molar-refractivity contribution in [2.45, 2.75) is 6.92 Å². The molecule has 0 saturated heterocycles. The fourth-order valence-electron chi connectivity index (χ4n) is 1.96. The van der Waals surface area contributed by atoms with Crippen molar-refractivity contribution < 1.29 is 14.6 Å². The third-order valence-corrected chi connectivity index (χ3v) is 3.18. The van der Waals surface area contributed by atoms with Gasteiger partial charge in [-0.05, 0) is 42.6 Å². The lowest BCUT2D eigenvalue weighted by Gasteiger charge is -2.08. The van der Waals surface area contributed by atoms with E-state index in [2.05, 4.69) is 4.98 Å². The van der Waals surface area contributed by atoms with E-state index < -0.39 is 0 Å². The van der Waals surface area contributed by atoms with Crippen molar-refractivity contribution in [3.8, 4) is 17.2 Å². The number of fused-ring (bicyclic) bond motifs is 1. The maximum Gasteiger partial charge on any atom is 0.161 e. The van der Waals surface area contributed by atoms with Gasteiger partial charge in [0.05, 0.1) is 14.2 Å². The number of benzene rings is 2. The Morgan fingerprint density at radius 2 is 1.45 bits per heavy atom. The minimum atomic E-state index is 0.329. The first-order valence-electron chi connectivity index (χ1n) is 6.85. The second-order valence-corrected chi connectivity index (χ2v) is 4.77. The third kappa shape index (κ3) is 3.88. The zero-order valence-electron chi connectivity index (χ0n) is 12.9. The molecule has 3 aromatic rings. The van der Waals surface area contributed by atoms with E-state index in [1.807, 2.05) is 37.3 Å². The highest BCUT2D eigenvalue weighted by atomic mass is 16.5. The van der Waals surface area contributed by atoms with Crippen molar-refractivity contribution >= 4 is 10.8 Å². The number of nitrogens with zero attached hydrogens (tertiary/aromatic N) is 1. The fraction of sp³-hybridized carbons (Fsp3) is 0.167. The molecule has 0 unspecified atom stereocenters. The van der Waals surface area contributed by atoms with Crippen LogP contribution < -0.4 is 9.47 Å². The van der Waals surface area contributed by atoms with Crippen molar-refractivity contribution in [1.82, 2.24) is 4.98 Å². The maximum atomic E-state index is 8.76. The Kier molecular flexibility index (Phi) is 5.20. The van der Waals surface area contributed by atoms with Crippen LogP contribution in [-0.4, -0.2) is 24.3 Å². The van der Waals surface area contributed by atoms with E-state index in [1.54, 1.807) is 38.7 Å². The van der Waals surface area contributed by atoms with Gasteiger partial charge in [-0.25, -0.2) is 0 Å². The number of phenols is 1. The Labute approximate surface area is 130 Å². The molecule has 0 spiro atoms. The Balaban J connectivity index is 0.000000188. The van der Waals surface area contributed by atoms with Gasteiger partial charge < -0.3 is 14.6 Å². The summed E-state index contributed by atoms with van der Waals surface area (Å²) in [6, 6.07) is 12.9. The van der Waals surface area contributed by atoms with Crippen LogP contribution in [0, 0.1) is 6.92 Å². The molecule has 0 bridgehead atoms. The Bertz CT molecular complexity index is 675. The van der Waals surface area contributed by atoms with Gasteiger partial charge in [0.1, 0.15) is 5.75 Å². The predicted octanol–water partition coefficient (Wildman–Crippen LogP) is 3.95. The highest BCUT2D eigenvalue weighted by Crippen LogP contribution is 2.31. The molecule has 1 aromatic heterocycles. The minimum absolute atomic E-state index is 0.329. The molecule has 0 aliphatic heterocycles. The molecular weight excluding hydrogens is 278 g/mol. The average Bonchev–Trinajstić information content (AvgIpc) is 2.56. The number of pyridine rings is 1. The molecule has 0 radical (unpaired) electrons. The van der Waals surface area contributed by atoms with E-state index in [1.165, 1.54) is 5.56 Å². The second kappa shape index (κ2) is 7.31. The monoisotopic (exact) mass is 297 g/mol. The van der Waals surface area contributed by atoms with Crippen LogP contribution in [0.1, 0.15) is 5.56 Å². The molecule has 4 nitrogen and oxygen atoms in total. The van der Waals surface area contributed by atoms with Gasteiger partial charge in [-0.2, -0.15) is 0 Å². The van der Waals surface area contributed by atoms with Crippen LogP contribution in [0.15, 0.2) is 54.9 Å². The highest BCUT2D eigenvalue weighted by Gasteiger charge is 2.04. The zero-order valence-corrected chi connectivity index (χ0v) is 12.9. The van der Waals surface area contributed by atoms with Crippen molar-refractivity contribution in [2.75, 3.05) is 14.2 Å². The lowest BCUT2D eigenvalue weighted by Crippen LogP contribution is -1.90. The summed E-state index contributed by atoms with van der Waals surface area (Å²) < 4.78 is 10.4. The lowest BCUT2D eigenvalue weighted by molar-refractivity contribution is 0.356. The number of aromatic hydroxyl groups is 1. The predicted molar refractivity (Wildman–Crippen MR) is 87.7 cm³/mol. The molecular formula is C18H19NO3. The molecule has 0 saturated carbocycles. The summed E-state index contributed by atoms with van der Waals surface area (Å²) in [7, 11) is 3.25. The van der Waals surface area contributed by atoms with E-state index in [4.69, 9.17) is 14.6 Å². The van der Waals surface area contributed by atoms with Gasteiger partial charge in [0, 0.05) is 17.8 Å². The van der Waals surface area contributed by atoms with Crippen LogP contribution in [0.3, 0.4) is 0 Å². The van der Waals surface area contributed by atoms with Crippen LogP contribution in [0.5, 0.6) is 17.2 Å². The van der Waals surface area contributed by atoms with Gasteiger partial charge in [-0.1, -0.05) is 17.7 Å². The van der Waals surface area contributed by atoms with Gasteiger partial charge in [0.15, 0.2) is 11.5 Å². The third-order valence-electron chi connectivity index (χ3n) is 3.18. The van der Waals surface area contributed by atoms with Gasteiger partial charge >= 0.3 is 0 Å². The quantitative estimate of drug-likeness (QED) is 0.778. The van der Waals surface area contributed by atoms with Crippen LogP contribution in [0.4, 0.5) is 0 Å². The van der Waals surface area contributed by atoms with Crippen molar-refractivity contribution in [1.29, 1.82) is 0 Å². The lowest BCUT2D eigenvalue weighted by atomic mass is 10.1. The molecule has 0 fully saturated rings. The van der Waals surface area contributed by atoms with Crippen LogP contribution in [0.25, 0.3) is 10.8 Å². The number of aryl methyl sites for hydroxylation is 1. The van der Waals surface area contributed by atoms with Crippen molar-refractivity contribution in [2.24, 2.45) is 0 Å². The SMILES string of the molecule is COc1cc2ccncc2cc1OC.Cc1ccc(O)cc1. The smallest absolute Gasteiger partial charge is 0.161 e. The maximum absolute atomic E-state index is 8.76.